The predicted molar refractivity (Wildman–Crippen MR) is 64.9 cm³/mol. The lowest BCUT2D eigenvalue weighted by Gasteiger charge is -2.14. The Balaban J connectivity index is 2.08. The number of ether oxygens (including phenoxy) is 1. The van der Waals surface area contributed by atoms with Crippen LogP contribution in [-0.2, 0) is 16.0 Å². The summed E-state index contributed by atoms with van der Waals surface area (Å²) in [5.74, 6) is 1.15. The zero-order valence-corrected chi connectivity index (χ0v) is 11.2. The van der Waals surface area contributed by atoms with Crippen LogP contribution in [-0.4, -0.2) is 22.7 Å². The van der Waals surface area contributed by atoms with Gasteiger partial charge in [0.1, 0.15) is 5.92 Å². The molecule has 1 aromatic heterocycles. The average molecular weight is 252 g/mol. The monoisotopic (exact) mass is 252 g/mol. The number of aromatic nitrogens is 2. The van der Waals surface area contributed by atoms with Crippen LogP contribution in [0.15, 0.2) is 4.52 Å². The minimum absolute atomic E-state index is 0.0817. The van der Waals surface area contributed by atoms with Crippen molar-refractivity contribution in [3.05, 3.63) is 11.7 Å². The molecule has 1 aromatic rings. The molecule has 0 spiro atoms. The highest BCUT2D eigenvalue weighted by Gasteiger charge is 2.32. The first kappa shape index (κ1) is 13.1. The molecule has 18 heavy (non-hydrogen) atoms. The summed E-state index contributed by atoms with van der Waals surface area (Å²) in [4.78, 5) is 16.2. The second kappa shape index (κ2) is 5.50. The minimum atomic E-state index is -0.453. The third-order valence-electron chi connectivity index (χ3n) is 3.13. The van der Waals surface area contributed by atoms with E-state index < -0.39 is 5.92 Å². The molecule has 1 aliphatic carbocycles. The van der Waals surface area contributed by atoms with Crippen molar-refractivity contribution in [2.24, 2.45) is 11.8 Å². The van der Waals surface area contributed by atoms with Crippen molar-refractivity contribution >= 4 is 5.97 Å². The fourth-order valence-electron chi connectivity index (χ4n) is 1.95. The molecule has 100 valence electrons. The molecule has 0 N–H and O–H groups in total. The normalized spacial score (nSPS) is 16.9. The molecule has 5 nitrogen and oxygen atoms in total. The summed E-state index contributed by atoms with van der Waals surface area (Å²) in [5.41, 5.74) is 0. The van der Waals surface area contributed by atoms with Gasteiger partial charge in [-0.2, -0.15) is 4.98 Å². The lowest BCUT2D eigenvalue weighted by Crippen LogP contribution is -2.21. The first-order valence-electron chi connectivity index (χ1n) is 6.61. The first-order valence-corrected chi connectivity index (χ1v) is 6.61. The molecule has 0 bridgehead atoms. The lowest BCUT2D eigenvalue weighted by molar-refractivity contribution is -0.146. The summed E-state index contributed by atoms with van der Waals surface area (Å²) in [7, 11) is 0. The molecule has 1 saturated carbocycles. The highest BCUT2D eigenvalue weighted by Crippen LogP contribution is 2.32. The van der Waals surface area contributed by atoms with Crippen LogP contribution in [0.1, 0.15) is 51.2 Å². The van der Waals surface area contributed by atoms with E-state index in [0.717, 1.165) is 6.42 Å². The molecule has 0 radical (unpaired) electrons. The average Bonchev–Trinajstić information content (AvgIpc) is 2.98. The van der Waals surface area contributed by atoms with Gasteiger partial charge in [0.25, 0.3) is 0 Å². The predicted octanol–water partition coefficient (Wildman–Crippen LogP) is 2.32. The maximum atomic E-state index is 11.9. The topological polar surface area (TPSA) is 65.2 Å². The van der Waals surface area contributed by atoms with Gasteiger partial charge in [-0.3, -0.25) is 4.79 Å². The molecule has 1 fully saturated rings. The summed E-state index contributed by atoms with van der Waals surface area (Å²) in [6, 6.07) is 0. The van der Waals surface area contributed by atoms with Crippen LogP contribution >= 0.6 is 0 Å². The molecule has 1 aliphatic rings. The van der Waals surface area contributed by atoms with Gasteiger partial charge in [-0.05, 0) is 31.6 Å². The number of nitrogens with zero attached hydrogens (tertiary/aromatic N) is 2. The van der Waals surface area contributed by atoms with Crippen molar-refractivity contribution in [3.63, 3.8) is 0 Å². The Hall–Kier alpha value is -1.39. The van der Waals surface area contributed by atoms with Crippen LogP contribution in [0.25, 0.3) is 0 Å². The summed E-state index contributed by atoms with van der Waals surface area (Å²) in [6.45, 7) is 6.06. The Bertz CT molecular complexity index is 410. The Morgan fingerprint density at radius 3 is 2.78 bits per heavy atom. The second-order valence-corrected chi connectivity index (χ2v) is 5.17. The smallest absolute Gasteiger partial charge is 0.318 e. The van der Waals surface area contributed by atoms with E-state index in [-0.39, 0.29) is 11.9 Å². The number of hydrogen-bond acceptors (Lipinski definition) is 5. The number of hydrogen-bond donors (Lipinski definition) is 0. The van der Waals surface area contributed by atoms with Gasteiger partial charge in [0.05, 0.1) is 6.61 Å². The molecular weight excluding hydrogens is 232 g/mol. The molecule has 0 saturated heterocycles. The number of rotatable bonds is 6. The largest absolute Gasteiger partial charge is 0.465 e. The van der Waals surface area contributed by atoms with Gasteiger partial charge in [0.2, 0.25) is 5.89 Å². The van der Waals surface area contributed by atoms with E-state index in [2.05, 4.69) is 10.1 Å². The van der Waals surface area contributed by atoms with Crippen LogP contribution < -0.4 is 0 Å². The highest BCUT2D eigenvalue weighted by molar-refractivity contribution is 5.77. The van der Waals surface area contributed by atoms with Crippen molar-refractivity contribution < 1.29 is 14.1 Å². The molecule has 2 rings (SSSR count). The van der Waals surface area contributed by atoms with Crippen LogP contribution in [0.3, 0.4) is 0 Å². The van der Waals surface area contributed by atoms with E-state index >= 15 is 0 Å². The van der Waals surface area contributed by atoms with E-state index in [9.17, 15) is 4.79 Å². The number of carbonyl (C=O) groups is 1. The van der Waals surface area contributed by atoms with Crippen LogP contribution in [0.5, 0.6) is 0 Å². The standard InChI is InChI=1S/C13H20N2O3/c1-4-17-13(16)11(8(2)3)12-14-10(15-18-12)7-9-5-6-9/h8-9,11H,4-7H2,1-3H3. The summed E-state index contributed by atoms with van der Waals surface area (Å²) >= 11 is 0. The van der Waals surface area contributed by atoms with Gasteiger partial charge in [0, 0.05) is 6.42 Å². The van der Waals surface area contributed by atoms with Gasteiger partial charge in [-0.1, -0.05) is 19.0 Å². The highest BCUT2D eigenvalue weighted by atomic mass is 16.5. The molecular formula is C13H20N2O3. The van der Waals surface area contributed by atoms with Gasteiger partial charge < -0.3 is 9.26 Å². The minimum Gasteiger partial charge on any atom is -0.465 e. The zero-order valence-electron chi connectivity index (χ0n) is 11.2. The van der Waals surface area contributed by atoms with Crippen LogP contribution in [0.2, 0.25) is 0 Å². The number of esters is 1. The molecule has 1 heterocycles. The number of carbonyl (C=O) groups excluding carboxylic acids is 1. The maximum absolute atomic E-state index is 11.9. The quantitative estimate of drug-likeness (QED) is 0.727. The zero-order chi connectivity index (χ0) is 13.1. The Kier molecular flexibility index (Phi) is 3.99. The van der Waals surface area contributed by atoms with Crippen LogP contribution in [0, 0.1) is 11.8 Å². The molecule has 0 amide bonds. The molecule has 1 atom stereocenters. The summed E-state index contributed by atoms with van der Waals surface area (Å²) in [6.07, 6.45) is 3.35. The molecule has 1 unspecified atom stereocenters. The fourth-order valence-corrected chi connectivity index (χ4v) is 1.95. The third kappa shape index (κ3) is 3.09. The second-order valence-electron chi connectivity index (χ2n) is 5.17. The van der Waals surface area contributed by atoms with Gasteiger partial charge in [0.15, 0.2) is 5.82 Å². The Labute approximate surface area is 107 Å². The molecule has 0 aromatic carbocycles. The van der Waals surface area contributed by atoms with E-state index in [4.69, 9.17) is 9.26 Å². The fraction of sp³-hybridized carbons (Fsp3) is 0.769. The van der Waals surface area contributed by atoms with Crippen molar-refractivity contribution in [2.75, 3.05) is 6.61 Å². The molecule has 5 heteroatoms. The third-order valence-corrected chi connectivity index (χ3v) is 3.13. The van der Waals surface area contributed by atoms with Crippen LogP contribution in [0.4, 0.5) is 0 Å². The van der Waals surface area contributed by atoms with Crippen molar-refractivity contribution in [3.8, 4) is 0 Å². The van der Waals surface area contributed by atoms with Crippen molar-refractivity contribution in [1.29, 1.82) is 0 Å². The van der Waals surface area contributed by atoms with Gasteiger partial charge in [-0.15, -0.1) is 0 Å². The first-order chi connectivity index (χ1) is 8.61. The summed E-state index contributed by atoms with van der Waals surface area (Å²) in [5, 5.41) is 3.95. The van der Waals surface area contributed by atoms with E-state index in [1.807, 2.05) is 13.8 Å². The van der Waals surface area contributed by atoms with Crippen molar-refractivity contribution in [2.45, 2.75) is 46.0 Å². The lowest BCUT2D eigenvalue weighted by atomic mass is 9.96. The Morgan fingerprint density at radius 1 is 1.50 bits per heavy atom. The van der Waals surface area contributed by atoms with Gasteiger partial charge in [-0.25, -0.2) is 0 Å². The molecule has 0 aliphatic heterocycles. The maximum Gasteiger partial charge on any atom is 0.318 e. The SMILES string of the molecule is CCOC(=O)C(c1nc(CC2CC2)no1)C(C)C. The van der Waals surface area contributed by atoms with E-state index in [0.29, 0.717) is 24.2 Å². The van der Waals surface area contributed by atoms with E-state index in [1.54, 1.807) is 6.92 Å². The van der Waals surface area contributed by atoms with E-state index in [1.165, 1.54) is 12.8 Å². The summed E-state index contributed by atoms with van der Waals surface area (Å²) < 4.78 is 10.3. The Morgan fingerprint density at radius 2 is 2.22 bits per heavy atom. The van der Waals surface area contributed by atoms with Crippen molar-refractivity contribution in [1.82, 2.24) is 10.1 Å². The van der Waals surface area contributed by atoms with Gasteiger partial charge >= 0.3 is 5.97 Å².